The molecule has 0 saturated carbocycles. The Morgan fingerprint density at radius 2 is 1.88 bits per heavy atom. The van der Waals surface area contributed by atoms with Gasteiger partial charge in [0.05, 0.1) is 11.0 Å². The number of fused-ring (bicyclic) bond motifs is 1. The fraction of sp³-hybridized carbons (Fsp3) is 0.273. The molecule has 0 spiro atoms. The Kier molecular flexibility index (Phi) is 3.58. The van der Waals surface area contributed by atoms with Crippen LogP contribution in [0.1, 0.15) is 6.42 Å². The number of aromatic nitrogens is 2. The fourth-order valence-electron chi connectivity index (χ4n) is 1.34. The first-order valence-electron chi connectivity index (χ1n) is 5.07. The quantitative estimate of drug-likeness (QED) is 0.623. The number of aliphatic hydroxyl groups excluding tert-OH is 1. The van der Waals surface area contributed by atoms with Crippen LogP contribution in [0.3, 0.4) is 0 Å². The molecule has 1 aromatic heterocycles. The topological polar surface area (TPSA) is 72.0 Å². The number of hydrogen-bond acceptors (Lipinski definition) is 5. The van der Waals surface area contributed by atoms with E-state index in [1.165, 1.54) is 11.8 Å². The van der Waals surface area contributed by atoms with E-state index in [1.54, 1.807) is 0 Å². The van der Waals surface area contributed by atoms with E-state index in [-0.39, 0.29) is 6.61 Å². The molecule has 0 aliphatic heterocycles. The summed E-state index contributed by atoms with van der Waals surface area (Å²) in [5, 5.41) is 9.45. The molecular weight excluding hydrogens is 222 g/mol. The van der Waals surface area contributed by atoms with E-state index >= 15 is 0 Å². The summed E-state index contributed by atoms with van der Waals surface area (Å²) in [6.07, 6.45) is 0.735. The van der Waals surface area contributed by atoms with Gasteiger partial charge in [0.1, 0.15) is 5.03 Å². The highest BCUT2D eigenvalue weighted by atomic mass is 32.2. The molecule has 0 unspecified atom stereocenters. The smallest absolute Gasteiger partial charge is 0.156 e. The second kappa shape index (κ2) is 5.14. The van der Waals surface area contributed by atoms with Gasteiger partial charge < -0.3 is 10.8 Å². The van der Waals surface area contributed by atoms with Crippen LogP contribution in [0.5, 0.6) is 0 Å². The molecule has 5 heteroatoms. The van der Waals surface area contributed by atoms with Crippen molar-refractivity contribution in [3.05, 3.63) is 24.3 Å². The summed E-state index contributed by atoms with van der Waals surface area (Å²) in [7, 11) is 0. The van der Waals surface area contributed by atoms with Gasteiger partial charge in [0, 0.05) is 12.4 Å². The molecule has 2 aromatic rings. The number of para-hydroxylation sites is 2. The van der Waals surface area contributed by atoms with Crippen molar-refractivity contribution in [2.45, 2.75) is 11.4 Å². The summed E-state index contributed by atoms with van der Waals surface area (Å²) in [5.41, 5.74) is 7.47. The van der Waals surface area contributed by atoms with E-state index in [0.29, 0.717) is 5.82 Å². The van der Waals surface area contributed by atoms with Crippen molar-refractivity contribution < 1.29 is 5.11 Å². The van der Waals surface area contributed by atoms with Crippen LogP contribution in [0.4, 0.5) is 5.82 Å². The molecule has 2 rings (SSSR count). The zero-order valence-electron chi connectivity index (χ0n) is 8.76. The molecule has 4 nitrogen and oxygen atoms in total. The number of nitrogen functional groups attached to an aromatic ring is 1. The number of nitrogens with zero attached hydrogens (tertiary/aromatic N) is 2. The first kappa shape index (κ1) is 11.2. The Morgan fingerprint density at radius 1 is 1.19 bits per heavy atom. The predicted octanol–water partition coefficient (Wildman–Crippen LogP) is 1.69. The lowest BCUT2D eigenvalue weighted by atomic mass is 10.3. The van der Waals surface area contributed by atoms with Gasteiger partial charge in [-0.05, 0) is 18.6 Å². The summed E-state index contributed by atoms with van der Waals surface area (Å²) in [4.78, 5) is 8.73. The van der Waals surface area contributed by atoms with Gasteiger partial charge in [-0.2, -0.15) is 0 Å². The lowest BCUT2D eigenvalue weighted by Crippen LogP contribution is -1.98. The highest BCUT2D eigenvalue weighted by molar-refractivity contribution is 7.99. The molecule has 0 saturated heterocycles. The Morgan fingerprint density at radius 3 is 2.56 bits per heavy atom. The van der Waals surface area contributed by atoms with Crippen LogP contribution in [0.2, 0.25) is 0 Å². The van der Waals surface area contributed by atoms with Crippen LogP contribution in [0.15, 0.2) is 29.3 Å². The Balaban J connectivity index is 2.27. The standard InChI is InChI=1S/C11H13N3OS/c12-10-11(16-7-3-6-15)14-9-5-2-1-4-8(9)13-10/h1-2,4-5,15H,3,6-7H2,(H2,12,13). The highest BCUT2D eigenvalue weighted by Gasteiger charge is 2.05. The van der Waals surface area contributed by atoms with Gasteiger partial charge in [0.2, 0.25) is 0 Å². The molecule has 16 heavy (non-hydrogen) atoms. The summed E-state index contributed by atoms with van der Waals surface area (Å²) in [6, 6.07) is 7.64. The van der Waals surface area contributed by atoms with Crippen molar-refractivity contribution in [2.75, 3.05) is 18.1 Å². The van der Waals surface area contributed by atoms with Gasteiger partial charge in [-0.25, -0.2) is 9.97 Å². The van der Waals surface area contributed by atoms with Crippen molar-refractivity contribution >= 4 is 28.6 Å². The van der Waals surface area contributed by atoms with Crippen LogP contribution in [-0.2, 0) is 0 Å². The number of hydrogen-bond donors (Lipinski definition) is 2. The van der Waals surface area contributed by atoms with Gasteiger partial charge in [0.25, 0.3) is 0 Å². The van der Waals surface area contributed by atoms with Crippen molar-refractivity contribution in [3.63, 3.8) is 0 Å². The molecule has 0 atom stereocenters. The second-order valence-corrected chi connectivity index (χ2v) is 4.41. The summed E-state index contributed by atoms with van der Waals surface area (Å²) >= 11 is 1.53. The zero-order valence-corrected chi connectivity index (χ0v) is 9.57. The number of anilines is 1. The number of thioether (sulfide) groups is 1. The predicted molar refractivity (Wildman–Crippen MR) is 66.4 cm³/mol. The minimum Gasteiger partial charge on any atom is -0.396 e. The molecule has 0 amide bonds. The van der Waals surface area contributed by atoms with E-state index in [9.17, 15) is 0 Å². The van der Waals surface area contributed by atoms with Crippen molar-refractivity contribution in [1.82, 2.24) is 9.97 Å². The van der Waals surface area contributed by atoms with Crippen molar-refractivity contribution in [3.8, 4) is 0 Å². The monoisotopic (exact) mass is 235 g/mol. The maximum absolute atomic E-state index is 8.70. The molecule has 1 heterocycles. The van der Waals surface area contributed by atoms with Crippen molar-refractivity contribution in [1.29, 1.82) is 0 Å². The van der Waals surface area contributed by atoms with E-state index in [1.807, 2.05) is 24.3 Å². The van der Waals surface area contributed by atoms with Crippen LogP contribution >= 0.6 is 11.8 Å². The van der Waals surface area contributed by atoms with Crippen LogP contribution < -0.4 is 5.73 Å². The SMILES string of the molecule is Nc1nc2ccccc2nc1SCCCO. The van der Waals surface area contributed by atoms with E-state index in [4.69, 9.17) is 10.8 Å². The largest absolute Gasteiger partial charge is 0.396 e. The van der Waals surface area contributed by atoms with Gasteiger partial charge in [0.15, 0.2) is 5.82 Å². The average Bonchev–Trinajstić information content (AvgIpc) is 2.30. The first-order chi connectivity index (χ1) is 7.81. The summed E-state index contributed by atoms with van der Waals surface area (Å²) < 4.78 is 0. The maximum atomic E-state index is 8.70. The second-order valence-electron chi connectivity index (χ2n) is 3.33. The molecule has 0 fully saturated rings. The van der Waals surface area contributed by atoms with Gasteiger partial charge in [-0.15, -0.1) is 11.8 Å². The lowest BCUT2D eigenvalue weighted by molar-refractivity contribution is 0.296. The first-order valence-corrected chi connectivity index (χ1v) is 6.06. The minimum absolute atomic E-state index is 0.188. The van der Waals surface area contributed by atoms with Gasteiger partial charge >= 0.3 is 0 Å². The minimum atomic E-state index is 0.188. The maximum Gasteiger partial charge on any atom is 0.156 e. The lowest BCUT2D eigenvalue weighted by Gasteiger charge is -2.04. The average molecular weight is 235 g/mol. The van der Waals surface area contributed by atoms with E-state index in [2.05, 4.69) is 9.97 Å². The van der Waals surface area contributed by atoms with Crippen molar-refractivity contribution in [2.24, 2.45) is 0 Å². The number of aliphatic hydroxyl groups is 1. The molecule has 84 valence electrons. The molecule has 1 aromatic carbocycles. The molecule has 0 bridgehead atoms. The molecule has 0 aliphatic rings. The number of nitrogens with two attached hydrogens (primary N) is 1. The Labute approximate surface area is 97.9 Å². The van der Waals surface area contributed by atoms with E-state index in [0.717, 1.165) is 28.2 Å². The molecule has 0 aliphatic carbocycles. The van der Waals surface area contributed by atoms with Crippen LogP contribution in [-0.4, -0.2) is 27.4 Å². The van der Waals surface area contributed by atoms with E-state index < -0.39 is 0 Å². The molecule has 0 radical (unpaired) electrons. The third-order valence-corrected chi connectivity index (χ3v) is 3.17. The third kappa shape index (κ3) is 2.43. The highest BCUT2D eigenvalue weighted by Crippen LogP contribution is 2.24. The van der Waals surface area contributed by atoms with Crippen LogP contribution in [0, 0.1) is 0 Å². The molecular formula is C11H13N3OS. The summed E-state index contributed by atoms with van der Waals surface area (Å²) in [5.74, 6) is 1.26. The zero-order chi connectivity index (χ0) is 11.4. The number of benzene rings is 1. The Hall–Kier alpha value is -1.33. The van der Waals surface area contributed by atoms with Gasteiger partial charge in [-0.3, -0.25) is 0 Å². The Bertz CT molecular complexity index is 490. The number of rotatable bonds is 4. The van der Waals surface area contributed by atoms with Gasteiger partial charge in [-0.1, -0.05) is 12.1 Å². The molecule has 3 N–H and O–H groups in total. The third-order valence-electron chi connectivity index (χ3n) is 2.10. The normalized spacial score (nSPS) is 10.8. The summed E-state index contributed by atoms with van der Waals surface area (Å²) in [6.45, 7) is 0.188. The fourth-order valence-corrected chi connectivity index (χ4v) is 2.16. The van der Waals surface area contributed by atoms with Crippen LogP contribution in [0.25, 0.3) is 11.0 Å².